The zero-order chi connectivity index (χ0) is 21.6. The molecule has 0 radical (unpaired) electrons. The zero-order valence-electron chi connectivity index (χ0n) is 16.1. The number of nitrogens with one attached hydrogen (secondary N) is 2. The molecular formula is C21H20BrN3O4S. The van der Waals surface area contributed by atoms with Crippen LogP contribution in [0.2, 0.25) is 0 Å². The Morgan fingerprint density at radius 2 is 1.80 bits per heavy atom. The van der Waals surface area contributed by atoms with E-state index in [0.717, 1.165) is 10.0 Å². The van der Waals surface area contributed by atoms with Crippen molar-refractivity contribution in [2.24, 2.45) is 0 Å². The van der Waals surface area contributed by atoms with E-state index in [4.69, 9.17) is 4.74 Å². The van der Waals surface area contributed by atoms with Gasteiger partial charge in [-0.25, -0.2) is 18.1 Å². The highest BCUT2D eigenvalue weighted by Crippen LogP contribution is 2.23. The fourth-order valence-corrected chi connectivity index (χ4v) is 3.71. The summed E-state index contributed by atoms with van der Waals surface area (Å²) in [7, 11) is -1.93. The number of hydrogen-bond acceptors (Lipinski definition) is 5. The van der Waals surface area contributed by atoms with Crippen molar-refractivity contribution >= 4 is 31.9 Å². The van der Waals surface area contributed by atoms with Gasteiger partial charge in [0.05, 0.1) is 11.3 Å². The maximum atomic E-state index is 12.3. The average molecular weight is 490 g/mol. The molecule has 1 amide bonds. The van der Waals surface area contributed by atoms with Crippen molar-refractivity contribution in [2.45, 2.75) is 12.3 Å². The molecule has 30 heavy (non-hydrogen) atoms. The van der Waals surface area contributed by atoms with Crippen molar-refractivity contribution in [2.75, 3.05) is 7.05 Å². The number of carbonyl (C=O) groups excluding carboxylic acids is 1. The van der Waals surface area contributed by atoms with Gasteiger partial charge in [0.1, 0.15) is 5.75 Å². The minimum Gasteiger partial charge on any atom is -0.439 e. The maximum absolute atomic E-state index is 12.3. The lowest BCUT2D eigenvalue weighted by Crippen LogP contribution is -2.23. The van der Waals surface area contributed by atoms with E-state index >= 15 is 0 Å². The summed E-state index contributed by atoms with van der Waals surface area (Å²) in [5.41, 5.74) is 1.94. The molecule has 0 saturated heterocycles. The van der Waals surface area contributed by atoms with E-state index in [-0.39, 0.29) is 11.7 Å². The van der Waals surface area contributed by atoms with Crippen LogP contribution in [-0.4, -0.2) is 26.4 Å². The molecule has 1 heterocycles. The number of carbonyl (C=O) groups is 1. The Morgan fingerprint density at radius 3 is 2.43 bits per heavy atom. The third-order valence-corrected chi connectivity index (χ3v) is 5.99. The minimum absolute atomic E-state index is 0.0871. The Morgan fingerprint density at radius 1 is 1.07 bits per heavy atom. The Kier molecular flexibility index (Phi) is 7.20. The highest BCUT2D eigenvalue weighted by molar-refractivity contribution is 9.10. The van der Waals surface area contributed by atoms with Gasteiger partial charge in [-0.05, 0) is 42.4 Å². The van der Waals surface area contributed by atoms with E-state index in [1.807, 2.05) is 24.3 Å². The smallest absolute Gasteiger partial charge is 0.253 e. The molecule has 1 aromatic heterocycles. The van der Waals surface area contributed by atoms with Crippen molar-refractivity contribution in [3.63, 3.8) is 0 Å². The van der Waals surface area contributed by atoms with Crippen LogP contribution in [0, 0.1) is 0 Å². The molecule has 0 aliphatic heterocycles. The number of benzene rings is 2. The van der Waals surface area contributed by atoms with Gasteiger partial charge in [-0.1, -0.05) is 46.3 Å². The number of hydrogen-bond donors (Lipinski definition) is 2. The topological polar surface area (TPSA) is 97.4 Å². The van der Waals surface area contributed by atoms with E-state index in [1.165, 1.54) is 13.2 Å². The Balaban J connectivity index is 1.54. The van der Waals surface area contributed by atoms with Crippen LogP contribution in [0.1, 0.15) is 21.5 Å². The second-order valence-electron chi connectivity index (χ2n) is 6.41. The molecular weight excluding hydrogens is 470 g/mol. The Bertz CT molecular complexity index is 1120. The van der Waals surface area contributed by atoms with Gasteiger partial charge in [0, 0.05) is 23.3 Å². The molecule has 0 spiro atoms. The van der Waals surface area contributed by atoms with Crippen LogP contribution in [0.3, 0.4) is 0 Å². The SMILES string of the molecule is CNS(=O)(=O)Cc1ccc(CNC(=O)c2ccc(Oc3cccc(Br)c3)nc2)cc1. The van der Waals surface area contributed by atoms with E-state index in [2.05, 4.69) is 31.0 Å². The quantitative estimate of drug-likeness (QED) is 0.503. The first-order chi connectivity index (χ1) is 14.3. The van der Waals surface area contributed by atoms with E-state index in [1.54, 1.807) is 36.4 Å². The van der Waals surface area contributed by atoms with Gasteiger partial charge in [-0.15, -0.1) is 0 Å². The van der Waals surface area contributed by atoms with Gasteiger partial charge < -0.3 is 10.1 Å². The van der Waals surface area contributed by atoms with Crippen molar-refractivity contribution < 1.29 is 17.9 Å². The van der Waals surface area contributed by atoms with Crippen molar-refractivity contribution in [1.29, 1.82) is 0 Å². The molecule has 0 unspecified atom stereocenters. The van der Waals surface area contributed by atoms with E-state index in [9.17, 15) is 13.2 Å². The number of amides is 1. The molecule has 2 N–H and O–H groups in total. The second kappa shape index (κ2) is 9.84. The van der Waals surface area contributed by atoms with Crippen LogP contribution in [-0.2, 0) is 22.3 Å². The highest BCUT2D eigenvalue weighted by Gasteiger charge is 2.10. The first-order valence-electron chi connectivity index (χ1n) is 9.01. The van der Waals surface area contributed by atoms with Gasteiger partial charge in [-0.2, -0.15) is 0 Å². The lowest BCUT2D eigenvalue weighted by atomic mass is 10.1. The summed E-state index contributed by atoms with van der Waals surface area (Å²) < 4.78 is 32.0. The van der Waals surface area contributed by atoms with Gasteiger partial charge in [0.2, 0.25) is 15.9 Å². The summed E-state index contributed by atoms with van der Waals surface area (Å²) in [6, 6.07) is 17.7. The summed E-state index contributed by atoms with van der Waals surface area (Å²) in [6.45, 7) is 0.314. The van der Waals surface area contributed by atoms with Crippen LogP contribution in [0.4, 0.5) is 0 Å². The molecule has 156 valence electrons. The van der Waals surface area contributed by atoms with E-state index in [0.29, 0.717) is 29.3 Å². The zero-order valence-corrected chi connectivity index (χ0v) is 18.5. The number of rotatable bonds is 8. The number of halogens is 1. The summed E-state index contributed by atoms with van der Waals surface area (Å²) in [5.74, 6) is 0.672. The molecule has 9 heteroatoms. The molecule has 0 bridgehead atoms. The van der Waals surface area contributed by atoms with Crippen molar-refractivity contribution in [3.8, 4) is 11.6 Å². The van der Waals surface area contributed by atoms with Crippen LogP contribution < -0.4 is 14.8 Å². The fourth-order valence-electron chi connectivity index (χ4n) is 2.56. The van der Waals surface area contributed by atoms with Gasteiger partial charge >= 0.3 is 0 Å². The third-order valence-electron chi connectivity index (χ3n) is 4.16. The number of ether oxygens (including phenoxy) is 1. The van der Waals surface area contributed by atoms with Gasteiger partial charge in [-0.3, -0.25) is 4.79 Å². The molecule has 0 aliphatic rings. The molecule has 0 atom stereocenters. The minimum atomic E-state index is -3.31. The summed E-state index contributed by atoms with van der Waals surface area (Å²) in [6.07, 6.45) is 1.45. The first kappa shape index (κ1) is 21.9. The van der Waals surface area contributed by atoms with Crippen LogP contribution in [0.15, 0.2) is 71.3 Å². The standard InChI is InChI=1S/C21H20BrN3O4S/c1-23-30(27,28)14-16-7-5-15(6-8-16)12-25-21(26)17-9-10-20(24-13-17)29-19-4-2-3-18(22)11-19/h2-11,13,23H,12,14H2,1H3,(H,25,26). The maximum Gasteiger partial charge on any atom is 0.253 e. The Hall–Kier alpha value is -2.75. The summed E-state index contributed by atoms with van der Waals surface area (Å²) in [5, 5.41) is 2.81. The van der Waals surface area contributed by atoms with Crippen LogP contribution in [0.5, 0.6) is 11.6 Å². The van der Waals surface area contributed by atoms with Gasteiger partial charge in [0.25, 0.3) is 5.91 Å². The monoisotopic (exact) mass is 489 g/mol. The fraction of sp³-hybridized carbons (Fsp3) is 0.143. The predicted octanol–water partition coefficient (Wildman–Crippen LogP) is 3.62. The lowest BCUT2D eigenvalue weighted by Gasteiger charge is -2.08. The third kappa shape index (κ3) is 6.38. The molecule has 7 nitrogen and oxygen atoms in total. The molecule has 3 aromatic rings. The van der Waals surface area contributed by atoms with E-state index < -0.39 is 10.0 Å². The van der Waals surface area contributed by atoms with Gasteiger partial charge in [0.15, 0.2) is 0 Å². The number of pyridine rings is 1. The summed E-state index contributed by atoms with van der Waals surface area (Å²) >= 11 is 3.38. The van der Waals surface area contributed by atoms with Crippen molar-refractivity contribution in [1.82, 2.24) is 15.0 Å². The predicted molar refractivity (Wildman–Crippen MR) is 118 cm³/mol. The molecule has 0 fully saturated rings. The largest absolute Gasteiger partial charge is 0.439 e. The molecule has 3 rings (SSSR count). The van der Waals surface area contributed by atoms with Crippen LogP contribution >= 0.6 is 15.9 Å². The normalized spacial score (nSPS) is 11.1. The second-order valence-corrected chi connectivity index (χ2v) is 9.25. The number of nitrogens with zero attached hydrogens (tertiary/aromatic N) is 1. The first-order valence-corrected chi connectivity index (χ1v) is 11.5. The highest BCUT2D eigenvalue weighted by atomic mass is 79.9. The molecule has 2 aromatic carbocycles. The summed E-state index contributed by atoms with van der Waals surface area (Å²) in [4.78, 5) is 16.5. The lowest BCUT2D eigenvalue weighted by molar-refractivity contribution is 0.0950. The van der Waals surface area contributed by atoms with Crippen LogP contribution in [0.25, 0.3) is 0 Å². The average Bonchev–Trinajstić information content (AvgIpc) is 2.73. The Labute approximate surface area is 183 Å². The van der Waals surface area contributed by atoms with Crippen molar-refractivity contribution in [3.05, 3.63) is 88.0 Å². The molecule has 0 aliphatic carbocycles. The number of sulfonamides is 1. The molecule has 0 saturated carbocycles. The number of aromatic nitrogens is 1.